The SMILES string of the molecule is COc1ccccc1C(CN)CCOc1ccccc1C. The van der Waals surface area contributed by atoms with Crippen molar-refractivity contribution in [3.05, 3.63) is 59.7 Å². The van der Waals surface area contributed by atoms with Gasteiger partial charge in [-0.15, -0.1) is 0 Å². The second kappa shape index (κ2) is 7.70. The summed E-state index contributed by atoms with van der Waals surface area (Å²) in [5.41, 5.74) is 8.23. The number of hydrogen-bond donors (Lipinski definition) is 1. The van der Waals surface area contributed by atoms with Gasteiger partial charge < -0.3 is 15.2 Å². The highest BCUT2D eigenvalue weighted by molar-refractivity contribution is 5.36. The number of methoxy groups -OCH3 is 1. The molecule has 0 saturated carbocycles. The topological polar surface area (TPSA) is 44.5 Å². The molecule has 0 spiro atoms. The van der Waals surface area contributed by atoms with E-state index < -0.39 is 0 Å². The normalized spacial score (nSPS) is 12.0. The minimum Gasteiger partial charge on any atom is -0.496 e. The zero-order chi connectivity index (χ0) is 15.1. The molecule has 0 aliphatic carbocycles. The highest BCUT2D eigenvalue weighted by Crippen LogP contribution is 2.28. The Kier molecular flexibility index (Phi) is 5.64. The third kappa shape index (κ3) is 3.99. The van der Waals surface area contributed by atoms with E-state index in [9.17, 15) is 0 Å². The van der Waals surface area contributed by atoms with Crippen LogP contribution in [0.2, 0.25) is 0 Å². The summed E-state index contributed by atoms with van der Waals surface area (Å²) in [5, 5.41) is 0. The molecule has 1 unspecified atom stereocenters. The van der Waals surface area contributed by atoms with Gasteiger partial charge in [0, 0.05) is 5.92 Å². The first-order chi connectivity index (χ1) is 10.3. The number of benzene rings is 2. The molecule has 0 heterocycles. The number of hydrogen-bond acceptors (Lipinski definition) is 3. The fourth-order valence-electron chi connectivity index (χ4n) is 2.43. The van der Waals surface area contributed by atoms with Crippen LogP contribution in [-0.4, -0.2) is 20.3 Å². The van der Waals surface area contributed by atoms with E-state index in [1.165, 1.54) is 0 Å². The van der Waals surface area contributed by atoms with Crippen molar-refractivity contribution in [3.8, 4) is 11.5 Å². The Morgan fingerprint density at radius 3 is 2.33 bits per heavy atom. The molecular formula is C18H23NO2. The first-order valence-electron chi connectivity index (χ1n) is 7.27. The minimum atomic E-state index is 0.241. The Bertz CT molecular complexity index is 569. The molecule has 3 nitrogen and oxygen atoms in total. The minimum absolute atomic E-state index is 0.241. The maximum Gasteiger partial charge on any atom is 0.122 e. The summed E-state index contributed by atoms with van der Waals surface area (Å²) in [7, 11) is 1.69. The Morgan fingerprint density at radius 1 is 1.00 bits per heavy atom. The van der Waals surface area contributed by atoms with Crippen molar-refractivity contribution in [2.75, 3.05) is 20.3 Å². The highest BCUT2D eigenvalue weighted by atomic mass is 16.5. The van der Waals surface area contributed by atoms with Gasteiger partial charge in [0.25, 0.3) is 0 Å². The lowest BCUT2D eigenvalue weighted by molar-refractivity contribution is 0.294. The third-order valence-corrected chi connectivity index (χ3v) is 3.68. The molecule has 2 aromatic rings. The van der Waals surface area contributed by atoms with E-state index in [2.05, 4.69) is 19.1 Å². The van der Waals surface area contributed by atoms with Crippen LogP contribution in [0.1, 0.15) is 23.5 Å². The monoisotopic (exact) mass is 285 g/mol. The summed E-state index contributed by atoms with van der Waals surface area (Å²) in [5.74, 6) is 2.07. The van der Waals surface area contributed by atoms with Gasteiger partial charge in [-0.3, -0.25) is 0 Å². The van der Waals surface area contributed by atoms with Crippen LogP contribution in [0.4, 0.5) is 0 Å². The Balaban J connectivity index is 1.98. The van der Waals surface area contributed by atoms with Crippen LogP contribution < -0.4 is 15.2 Å². The van der Waals surface area contributed by atoms with Crippen molar-refractivity contribution in [3.63, 3.8) is 0 Å². The molecule has 3 heteroatoms. The molecule has 0 saturated heterocycles. The van der Waals surface area contributed by atoms with Crippen LogP contribution in [0.5, 0.6) is 11.5 Å². The third-order valence-electron chi connectivity index (χ3n) is 3.68. The van der Waals surface area contributed by atoms with Crippen LogP contribution in [0.25, 0.3) is 0 Å². The zero-order valence-corrected chi connectivity index (χ0v) is 12.7. The summed E-state index contributed by atoms with van der Waals surface area (Å²) >= 11 is 0. The highest BCUT2D eigenvalue weighted by Gasteiger charge is 2.14. The zero-order valence-electron chi connectivity index (χ0n) is 12.7. The van der Waals surface area contributed by atoms with Gasteiger partial charge in [0.05, 0.1) is 13.7 Å². The van der Waals surface area contributed by atoms with E-state index in [0.717, 1.165) is 29.0 Å². The predicted octanol–water partition coefficient (Wildman–Crippen LogP) is 3.52. The van der Waals surface area contributed by atoms with Crippen molar-refractivity contribution >= 4 is 0 Å². The molecule has 2 aromatic carbocycles. The smallest absolute Gasteiger partial charge is 0.122 e. The van der Waals surface area contributed by atoms with Gasteiger partial charge >= 0.3 is 0 Å². The maximum atomic E-state index is 5.93. The second-order valence-electron chi connectivity index (χ2n) is 5.08. The van der Waals surface area contributed by atoms with E-state index >= 15 is 0 Å². The molecule has 0 radical (unpaired) electrons. The van der Waals surface area contributed by atoms with Gasteiger partial charge in [0.15, 0.2) is 0 Å². The van der Waals surface area contributed by atoms with E-state index in [0.29, 0.717) is 13.2 Å². The number of ether oxygens (including phenoxy) is 2. The number of nitrogens with two attached hydrogens (primary N) is 1. The van der Waals surface area contributed by atoms with Gasteiger partial charge in [0.2, 0.25) is 0 Å². The molecule has 2 N–H and O–H groups in total. The largest absolute Gasteiger partial charge is 0.496 e. The van der Waals surface area contributed by atoms with Gasteiger partial charge in [-0.05, 0) is 43.1 Å². The summed E-state index contributed by atoms with van der Waals surface area (Å²) in [6, 6.07) is 16.1. The molecule has 2 rings (SSSR count). The first-order valence-corrected chi connectivity index (χ1v) is 7.27. The fraction of sp³-hybridized carbons (Fsp3) is 0.333. The Labute approximate surface area is 126 Å². The molecular weight excluding hydrogens is 262 g/mol. The van der Waals surface area contributed by atoms with Crippen molar-refractivity contribution in [1.82, 2.24) is 0 Å². The average molecular weight is 285 g/mol. The molecule has 112 valence electrons. The molecule has 0 aliphatic rings. The van der Waals surface area contributed by atoms with Gasteiger partial charge in [-0.25, -0.2) is 0 Å². The van der Waals surface area contributed by atoms with Crippen molar-refractivity contribution in [2.45, 2.75) is 19.3 Å². The lowest BCUT2D eigenvalue weighted by Crippen LogP contribution is -2.16. The average Bonchev–Trinajstić information content (AvgIpc) is 2.53. The summed E-state index contributed by atoms with van der Waals surface area (Å²) in [6.07, 6.45) is 0.866. The molecule has 1 atom stereocenters. The first kappa shape index (κ1) is 15.4. The lowest BCUT2D eigenvalue weighted by Gasteiger charge is -2.18. The molecule has 21 heavy (non-hydrogen) atoms. The molecule has 0 bridgehead atoms. The summed E-state index contributed by atoms with van der Waals surface area (Å²) in [4.78, 5) is 0. The number of para-hydroxylation sites is 2. The van der Waals surface area contributed by atoms with E-state index in [4.69, 9.17) is 15.2 Å². The molecule has 0 aromatic heterocycles. The van der Waals surface area contributed by atoms with Crippen molar-refractivity contribution in [1.29, 1.82) is 0 Å². The number of rotatable bonds is 7. The molecule has 0 fully saturated rings. The lowest BCUT2D eigenvalue weighted by atomic mass is 9.95. The van der Waals surface area contributed by atoms with E-state index in [-0.39, 0.29) is 5.92 Å². The number of aryl methyl sites for hydroxylation is 1. The van der Waals surface area contributed by atoms with E-state index in [1.54, 1.807) is 7.11 Å². The van der Waals surface area contributed by atoms with Crippen LogP contribution in [-0.2, 0) is 0 Å². The summed E-state index contributed by atoms with van der Waals surface area (Å²) in [6.45, 7) is 3.28. The second-order valence-corrected chi connectivity index (χ2v) is 5.08. The van der Waals surface area contributed by atoms with Crippen LogP contribution in [0, 0.1) is 6.92 Å². The van der Waals surface area contributed by atoms with Crippen LogP contribution >= 0.6 is 0 Å². The quantitative estimate of drug-likeness (QED) is 0.846. The molecule has 0 amide bonds. The van der Waals surface area contributed by atoms with Gasteiger partial charge in [0.1, 0.15) is 11.5 Å². The Hall–Kier alpha value is -2.00. The summed E-state index contributed by atoms with van der Waals surface area (Å²) < 4.78 is 11.3. The van der Waals surface area contributed by atoms with Crippen molar-refractivity contribution < 1.29 is 9.47 Å². The maximum absolute atomic E-state index is 5.93. The van der Waals surface area contributed by atoms with Gasteiger partial charge in [-0.2, -0.15) is 0 Å². The predicted molar refractivity (Wildman–Crippen MR) is 86.1 cm³/mol. The van der Waals surface area contributed by atoms with Crippen LogP contribution in [0.15, 0.2) is 48.5 Å². The molecule has 0 aliphatic heterocycles. The van der Waals surface area contributed by atoms with E-state index in [1.807, 2.05) is 36.4 Å². The Morgan fingerprint density at radius 2 is 1.67 bits per heavy atom. The van der Waals surface area contributed by atoms with Gasteiger partial charge in [-0.1, -0.05) is 36.4 Å². The fourth-order valence-corrected chi connectivity index (χ4v) is 2.43. The standard InChI is InChI=1S/C18H23NO2/c1-14-7-3-5-9-17(14)21-12-11-15(13-19)16-8-4-6-10-18(16)20-2/h3-10,15H,11-13,19H2,1-2H3. The van der Waals surface area contributed by atoms with Crippen LogP contribution in [0.3, 0.4) is 0 Å². The van der Waals surface area contributed by atoms with Crippen molar-refractivity contribution in [2.24, 2.45) is 5.73 Å².